The van der Waals surface area contributed by atoms with Gasteiger partial charge >= 0.3 is 5.97 Å². The van der Waals surface area contributed by atoms with Crippen molar-refractivity contribution in [3.63, 3.8) is 0 Å². The van der Waals surface area contributed by atoms with E-state index in [9.17, 15) is 4.79 Å². The van der Waals surface area contributed by atoms with Crippen LogP contribution in [0.3, 0.4) is 0 Å². The van der Waals surface area contributed by atoms with Crippen molar-refractivity contribution in [2.45, 2.75) is 52.4 Å². The molecule has 0 bridgehead atoms. The maximum absolute atomic E-state index is 11.0. The van der Waals surface area contributed by atoms with Gasteiger partial charge in [0.05, 0.1) is 13.0 Å². The molecule has 1 aromatic rings. The molecular formula is C16H24O3. The molecule has 0 heterocycles. The van der Waals surface area contributed by atoms with E-state index in [1.54, 1.807) is 0 Å². The lowest BCUT2D eigenvalue weighted by molar-refractivity contribution is -0.137. The Morgan fingerprint density at radius 1 is 1.32 bits per heavy atom. The molecule has 0 aliphatic rings. The molecule has 3 heteroatoms. The molecular weight excluding hydrogens is 240 g/mol. The van der Waals surface area contributed by atoms with Crippen LogP contribution in [0.25, 0.3) is 0 Å². The first kappa shape index (κ1) is 15.5. The van der Waals surface area contributed by atoms with Gasteiger partial charge in [-0.15, -0.1) is 0 Å². The molecule has 3 nitrogen and oxygen atoms in total. The van der Waals surface area contributed by atoms with Crippen molar-refractivity contribution in [1.29, 1.82) is 0 Å². The second kappa shape index (κ2) is 7.82. The number of hydrogen-bond donors (Lipinski definition) is 1. The average molecular weight is 264 g/mol. The van der Waals surface area contributed by atoms with Gasteiger partial charge in [0.2, 0.25) is 0 Å². The van der Waals surface area contributed by atoms with Gasteiger partial charge in [0, 0.05) is 0 Å². The zero-order valence-electron chi connectivity index (χ0n) is 12.1. The summed E-state index contributed by atoms with van der Waals surface area (Å²) in [5, 5.41) is 9.01. The zero-order valence-corrected chi connectivity index (χ0v) is 12.1. The van der Waals surface area contributed by atoms with Gasteiger partial charge in [0.1, 0.15) is 5.75 Å². The molecule has 0 aliphatic heterocycles. The molecule has 0 amide bonds. The van der Waals surface area contributed by atoms with E-state index in [0.29, 0.717) is 6.61 Å². The second-order valence-corrected chi connectivity index (χ2v) is 4.95. The number of aliphatic carboxylic acids is 1. The van der Waals surface area contributed by atoms with E-state index in [2.05, 4.69) is 13.8 Å². The number of carboxylic acids is 1. The summed E-state index contributed by atoms with van der Waals surface area (Å²) in [5.41, 5.74) is 2.25. The van der Waals surface area contributed by atoms with Gasteiger partial charge in [0.15, 0.2) is 0 Å². The van der Waals surface area contributed by atoms with Crippen molar-refractivity contribution in [3.05, 3.63) is 29.3 Å². The number of benzene rings is 1. The lowest BCUT2D eigenvalue weighted by Crippen LogP contribution is -2.08. The van der Waals surface area contributed by atoms with Gasteiger partial charge in [0.25, 0.3) is 0 Å². The number of carboxylic acid groups (broad SMARTS) is 1. The Morgan fingerprint density at radius 2 is 2.05 bits per heavy atom. The van der Waals surface area contributed by atoms with E-state index < -0.39 is 5.97 Å². The molecule has 106 valence electrons. The van der Waals surface area contributed by atoms with E-state index in [-0.39, 0.29) is 12.3 Å². The summed E-state index contributed by atoms with van der Waals surface area (Å²) >= 11 is 0. The lowest BCUT2D eigenvalue weighted by atomic mass is 9.88. The normalized spacial score (nSPS) is 12.2. The third-order valence-corrected chi connectivity index (χ3v) is 3.21. The molecule has 1 atom stereocenters. The fraction of sp³-hybridized carbons (Fsp3) is 0.562. The van der Waals surface area contributed by atoms with Crippen LogP contribution in [0.2, 0.25) is 0 Å². The van der Waals surface area contributed by atoms with Crippen LogP contribution in [0.4, 0.5) is 0 Å². The highest BCUT2D eigenvalue weighted by atomic mass is 16.5. The van der Waals surface area contributed by atoms with Gasteiger partial charge in [-0.2, -0.15) is 0 Å². The van der Waals surface area contributed by atoms with Crippen molar-refractivity contribution in [2.24, 2.45) is 0 Å². The van der Waals surface area contributed by atoms with Gasteiger partial charge < -0.3 is 9.84 Å². The minimum absolute atomic E-state index is 0.0997. The van der Waals surface area contributed by atoms with E-state index in [0.717, 1.165) is 36.1 Å². The third kappa shape index (κ3) is 4.93. The molecule has 19 heavy (non-hydrogen) atoms. The van der Waals surface area contributed by atoms with E-state index in [1.807, 2.05) is 25.1 Å². The lowest BCUT2D eigenvalue weighted by Gasteiger charge is -2.18. The highest BCUT2D eigenvalue weighted by Crippen LogP contribution is 2.30. The Morgan fingerprint density at radius 3 is 2.58 bits per heavy atom. The Bertz CT molecular complexity index is 412. The number of ether oxygens (including phenoxy) is 1. The molecule has 0 aliphatic carbocycles. The summed E-state index contributed by atoms with van der Waals surface area (Å²) in [6.45, 7) is 6.90. The van der Waals surface area contributed by atoms with Crippen molar-refractivity contribution < 1.29 is 14.6 Å². The Kier molecular flexibility index (Phi) is 6.40. The summed E-state index contributed by atoms with van der Waals surface area (Å²) in [4.78, 5) is 11.0. The van der Waals surface area contributed by atoms with E-state index in [4.69, 9.17) is 9.84 Å². The topological polar surface area (TPSA) is 46.5 Å². The molecule has 1 rings (SSSR count). The minimum Gasteiger partial charge on any atom is -0.494 e. The van der Waals surface area contributed by atoms with Gasteiger partial charge in [-0.25, -0.2) is 0 Å². The molecule has 1 aromatic carbocycles. The predicted octanol–water partition coefficient (Wildman–Crippen LogP) is 4.14. The Labute approximate surface area is 115 Å². The molecule has 0 saturated carbocycles. The molecule has 0 spiro atoms. The SMILES string of the molecule is CCCOc1ccc(C(CCC)CC(=O)O)c(C)c1. The van der Waals surface area contributed by atoms with E-state index in [1.165, 1.54) is 0 Å². The monoisotopic (exact) mass is 264 g/mol. The fourth-order valence-corrected chi connectivity index (χ4v) is 2.34. The highest BCUT2D eigenvalue weighted by molar-refractivity contribution is 5.68. The molecule has 0 saturated heterocycles. The largest absolute Gasteiger partial charge is 0.494 e. The summed E-state index contributed by atoms with van der Waals surface area (Å²) in [6, 6.07) is 5.97. The van der Waals surface area contributed by atoms with Crippen LogP contribution < -0.4 is 4.74 Å². The minimum atomic E-state index is -0.732. The van der Waals surface area contributed by atoms with Crippen LogP contribution in [0, 0.1) is 6.92 Å². The number of aryl methyl sites for hydroxylation is 1. The van der Waals surface area contributed by atoms with Crippen LogP contribution in [-0.2, 0) is 4.79 Å². The molecule has 1 unspecified atom stereocenters. The highest BCUT2D eigenvalue weighted by Gasteiger charge is 2.17. The van der Waals surface area contributed by atoms with Gasteiger partial charge in [-0.3, -0.25) is 4.79 Å². The summed E-state index contributed by atoms with van der Waals surface area (Å²) in [7, 11) is 0. The van der Waals surface area contributed by atoms with Crippen LogP contribution in [0.1, 0.15) is 56.6 Å². The van der Waals surface area contributed by atoms with Crippen LogP contribution in [0.15, 0.2) is 18.2 Å². The smallest absolute Gasteiger partial charge is 0.303 e. The predicted molar refractivity (Wildman–Crippen MR) is 76.9 cm³/mol. The first-order valence-electron chi connectivity index (χ1n) is 7.03. The standard InChI is InChI=1S/C16H24O3/c1-4-6-13(11-16(17)18)15-8-7-14(10-12(15)3)19-9-5-2/h7-8,10,13H,4-6,9,11H2,1-3H3,(H,17,18). The van der Waals surface area contributed by atoms with Crippen molar-refractivity contribution in [2.75, 3.05) is 6.61 Å². The van der Waals surface area contributed by atoms with E-state index >= 15 is 0 Å². The number of carbonyl (C=O) groups is 1. The van der Waals surface area contributed by atoms with Gasteiger partial charge in [-0.1, -0.05) is 26.3 Å². The average Bonchev–Trinajstić information content (AvgIpc) is 2.35. The molecule has 1 N–H and O–H groups in total. The summed E-state index contributed by atoms with van der Waals surface area (Å²) in [5.74, 6) is 0.237. The molecule has 0 radical (unpaired) electrons. The number of rotatable bonds is 8. The van der Waals surface area contributed by atoms with Crippen molar-refractivity contribution in [1.82, 2.24) is 0 Å². The maximum atomic E-state index is 11.0. The quantitative estimate of drug-likeness (QED) is 0.767. The Hall–Kier alpha value is -1.51. The molecule has 0 aromatic heterocycles. The molecule has 0 fully saturated rings. The fourth-order valence-electron chi connectivity index (χ4n) is 2.34. The third-order valence-electron chi connectivity index (χ3n) is 3.21. The number of hydrogen-bond acceptors (Lipinski definition) is 2. The zero-order chi connectivity index (χ0) is 14.3. The Balaban J connectivity index is 2.87. The maximum Gasteiger partial charge on any atom is 0.303 e. The first-order chi connectivity index (χ1) is 9.08. The van der Waals surface area contributed by atoms with Crippen LogP contribution >= 0.6 is 0 Å². The summed E-state index contributed by atoms with van der Waals surface area (Å²) in [6.07, 6.45) is 3.08. The van der Waals surface area contributed by atoms with Gasteiger partial charge in [-0.05, 0) is 48.9 Å². The second-order valence-electron chi connectivity index (χ2n) is 4.95. The first-order valence-corrected chi connectivity index (χ1v) is 7.03. The van der Waals surface area contributed by atoms with Crippen molar-refractivity contribution >= 4 is 5.97 Å². The van der Waals surface area contributed by atoms with Crippen LogP contribution in [0.5, 0.6) is 5.75 Å². The summed E-state index contributed by atoms with van der Waals surface area (Å²) < 4.78 is 5.60. The van der Waals surface area contributed by atoms with Crippen LogP contribution in [-0.4, -0.2) is 17.7 Å². The van der Waals surface area contributed by atoms with Crippen molar-refractivity contribution in [3.8, 4) is 5.75 Å².